The van der Waals surface area contributed by atoms with Gasteiger partial charge in [0.1, 0.15) is 0 Å². The first kappa shape index (κ1) is 17.8. The number of benzene rings is 1. The monoisotopic (exact) mass is 316 g/mol. The highest BCUT2D eigenvalue weighted by atomic mass is 35.5. The van der Waals surface area contributed by atoms with Gasteiger partial charge in [-0.3, -0.25) is 0 Å². The van der Waals surface area contributed by atoms with Crippen LogP contribution in [0, 0.1) is 0 Å². The second-order valence-electron chi connectivity index (χ2n) is 5.16. The second kappa shape index (κ2) is 8.89. The first-order chi connectivity index (χ1) is 9.54. The summed E-state index contributed by atoms with van der Waals surface area (Å²) in [4.78, 5) is 2.50. The minimum Gasteiger partial charge on any atom is -0.313 e. The summed E-state index contributed by atoms with van der Waals surface area (Å²) < 4.78 is 0. The van der Waals surface area contributed by atoms with Gasteiger partial charge >= 0.3 is 0 Å². The largest absolute Gasteiger partial charge is 0.313 e. The van der Waals surface area contributed by atoms with Crippen molar-refractivity contribution in [2.24, 2.45) is 0 Å². The van der Waals surface area contributed by atoms with Crippen LogP contribution in [-0.4, -0.2) is 31.1 Å². The summed E-state index contributed by atoms with van der Waals surface area (Å²) >= 11 is 12.4. The van der Waals surface area contributed by atoms with E-state index in [1.165, 1.54) is 6.42 Å². The maximum Gasteiger partial charge on any atom is 0.0640 e. The number of hydrogen-bond donors (Lipinski definition) is 1. The predicted octanol–water partition coefficient (Wildman–Crippen LogP) is 4.76. The molecule has 0 aromatic heterocycles. The van der Waals surface area contributed by atoms with Crippen LogP contribution in [0.3, 0.4) is 0 Å². The van der Waals surface area contributed by atoms with E-state index in [4.69, 9.17) is 23.2 Å². The quantitative estimate of drug-likeness (QED) is 0.743. The van der Waals surface area contributed by atoms with Crippen molar-refractivity contribution >= 4 is 23.2 Å². The molecule has 2 atom stereocenters. The molecule has 1 aromatic carbocycles. The van der Waals surface area contributed by atoms with Crippen molar-refractivity contribution in [3.63, 3.8) is 0 Å². The van der Waals surface area contributed by atoms with E-state index < -0.39 is 0 Å². The highest BCUT2D eigenvalue weighted by Crippen LogP contribution is 2.31. The molecule has 0 fully saturated rings. The standard InChI is InChI=1S/C16H26Cl2N2/c1-5-12(3)20(6-2)11-10-15(19-4)13-8-7-9-14(17)16(13)18/h7-9,12,15,19H,5-6,10-11H2,1-4H3. The molecule has 2 nitrogen and oxygen atoms in total. The Balaban J connectivity index is 2.74. The zero-order valence-electron chi connectivity index (χ0n) is 12.9. The summed E-state index contributed by atoms with van der Waals surface area (Å²) in [6, 6.07) is 6.69. The molecule has 0 saturated heterocycles. The Hall–Kier alpha value is -0.280. The van der Waals surface area contributed by atoms with Gasteiger partial charge in [-0.25, -0.2) is 0 Å². The molecule has 1 rings (SSSR count). The molecule has 0 aliphatic carbocycles. The summed E-state index contributed by atoms with van der Waals surface area (Å²) in [5, 5.41) is 4.64. The molecule has 0 spiro atoms. The van der Waals surface area contributed by atoms with Crippen molar-refractivity contribution in [3.05, 3.63) is 33.8 Å². The highest BCUT2D eigenvalue weighted by Gasteiger charge is 2.17. The van der Waals surface area contributed by atoms with Gasteiger partial charge in [-0.05, 0) is 45.0 Å². The van der Waals surface area contributed by atoms with Crippen LogP contribution in [0.4, 0.5) is 0 Å². The van der Waals surface area contributed by atoms with E-state index in [0.29, 0.717) is 16.1 Å². The Morgan fingerprint density at radius 3 is 2.50 bits per heavy atom. The molecular weight excluding hydrogens is 291 g/mol. The van der Waals surface area contributed by atoms with Gasteiger partial charge in [0.25, 0.3) is 0 Å². The first-order valence-corrected chi connectivity index (χ1v) is 8.15. The number of nitrogens with one attached hydrogen (secondary N) is 1. The van der Waals surface area contributed by atoms with Crippen LogP contribution < -0.4 is 5.32 Å². The average Bonchev–Trinajstić information content (AvgIpc) is 2.46. The average molecular weight is 317 g/mol. The summed E-state index contributed by atoms with van der Waals surface area (Å²) in [6.07, 6.45) is 2.20. The van der Waals surface area contributed by atoms with E-state index in [2.05, 4.69) is 37.1 Å². The fourth-order valence-corrected chi connectivity index (χ4v) is 2.93. The smallest absolute Gasteiger partial charge is 0.0640 e. The molecule has 0 heterocycles. The topological polar surface area (TPSA) is 15.3 Å². The third kappa shape index (κ3) is 4.63. The van der Waals surface area contributed by atoms with Crippen LogP contribution >= 0.6 is 23.2 Å². The molecule has 0 aliphatic rings. The normalized spacial score (nSPS) is 14.6. The zero-order valence-corrected chi connectivity index (χ0v) is 14.4. The van der Waals surface area contributed by atoms with Gasteiger partial charge in [0, 0.05) is 18.6 Å². The Morgan fingerprint density at radius 2 is 1.95 bits per heavy atom. The summed E-state index contributed by atoms with van der Waals surface area (Å²) in [6.45, 7) is 8.86. The maximum atomic E-state index is 6.32. The van der Waals surface area contributed by atoms with Crippen LogP contribution in [0.15, 0.2) is 18.2 Å². The number of halogens is 2. The molecule has 0 aliphatic heterocycles. The lowest BCUT2D eigenvalue weighted by Gasteiger charge is -2.29. The van der Waals surface area contributed by atoms with Crippen LogP contribution in [0.25, 0.3) is 0 Å². The highest BCUT2D eigenvalue weighted by molar-refractivity contribution is 6.42. The summed E-state index contributed by atoms with van der Waals surface area (Å²) in [5.74, 6) is 0. The minimum atomic E-state index is 0.235. The molecule has 0 radical (unpaired) electrons. The van der Waals surface area contributed by atoms with E-state index in [9.17, 15) is 0 Å². The fourth-order valence-electron chi connectivity index (χ4n) is 2.49. The van der Waals surface area contributed by atoms with Crippen molar-refractivity contribution in [1.82, 2.24) is 10.2 Å². The van der Waals surface area contributed by atoms with Crippen molar-refractivity contribution in [2.75, 3.05) is 20.1 Å². The molecule has 20 heavy (non-hydrogen) atoms. The van der Waals surface area contributed by atoms with Gasteiger partial charge in [-0.1, -0.05) is 49.2 Å². The molecule has 1 aromatic rings. The number of rotatable bonds is 8. The van der Waals surface area contributed by atoms with Crippen LogP contribution in [0.5, 0.6) is 0 Å². The molecule has 4 heteroatoms. The lowest BCUT2D eigenvalue weighted by atomic mass is 10.0. The Labute approximate surface area is 133 Å². The number of hydrogen-bond acceptors (Lipinski definition) is 2. The molecule has 2 unspecified atom stereocenters. The van der Waals surface area contributed by atoms with E-state index in [1.54, 1.807) is 0 Å². The maximum absolute atomic E-state index is 6.32. The van der Waals surface area contributed by atoms with Crippen molar-refractivity contribution in [3.8, 4) is 0 Å². The lowest BCUT2D eigenvalue weighted by Crippen LogP contribution is -2.35. The fraction of sp³-hybridized carbons (Fsp3) is 0.625. The van der Waals surface area contributed by atoms with E-state index >= 15 is 0 Å². The molecule has 0 bridgehead atoms. The van der Waals surface area contributed by atoms with Crippen molar-refractivity contribution < 1.29 is 0 Å². The Kier molecular flexibility index (Phi) is 7.90. The minimum absolute atomic E-state index is 0.235. The Bertz CT molecular complexity index is 409. The summed E-state index contributed by atoms with van der Waals surface area (Å²) in [7, 11) is 1.97. The molecule has 1 N–H and O–H groups in total. The van der Waals surface area contributed by atoms with E-state index in [0.717, 1.165) is 25.1 Å². The zero-order chi connectivity index (χ0) is 15.1. The van der Waals surface area contributed by atoms with Gasteiger partial charge in [0.15, 0.2) is 0 Å². The van der Waals surface area contributed by atoms with Gasteiger partial charge < -0.3 is 10.2 Å². The van der Waals surface area contributed by atoms with Gasteiger partial charge in [-0.2, -0.15) is 0 Å². The molecule has 0 saturated carbocycles. The third-order valence-electron chi connectivity index (χ3n) is 4.03. The second-order valence-corrected chi connectivity index (χ2v) is 5.94. The van der Waals surface area contributed by atoms with Crippen LogP contribution in [0.1, 0.15) is 45.2 Å². The molecule has 0 amide bonds. The SMILES string of the molecule is CCC(C)N(CC)CCC(NC)c1cccc(Cl)c1Cl. The predicted molar refractivity (Wildman–Crippen MR) is 89.9 cm³/mol. The van der Waals surface area contributed by atoms with Gasteiger partial charge in [0.05, 0.1) is 10.0 Å². The van der Waals surface area contributed by atoms with E-state index in [1.807, 2.05) is 19.2 Å². The summed E-state index contributed by atoms with van der Waals surface area (Å²) in [5.41, 5.74) is 1.09. The number of nitrogens with zero attached hydrogens (tertiary/aromatic N) is 1. The van der Waals surface area contributed by atoms with Crippen molar-refractivity contribution in [2.45, 2.75) is 45.7 Å². The molecule has 114 valence electrons. The van der Waals surface area contributed by atoms with E-state index in [-0.39, 0.29) is 6.04 Å². The Morgan fingerprint density at radius 1 is 1.25 bits per heavy atom. The first-order valence-electron chi connectivity index (χ1n) is 7.40. The van der Waals surface area contributed by atoms with Gasteiger partial charge in [-0.15, -0.1) is 0 Å². The molecular formula is C16H26Cl2N2. The lowest BCUT2D eigenvalue weighted by molar-refractivity contribution is 0.204. The van der Waals surface area contributed by atoms with Gasteiger partial charge in [0.2, 0.25) is 0 Å². The van der Waals surface area contributed by atoms with Crippen LogP contribution in [0.2, 0.25) is 10.0 Å². The third-order valence-corrected chi connectivity index (χ3v) is 4.86. The van der Waals surface area contributed by atoms with Crippen molar-refractivity contribution in [1.29, 1.82) is 0 Å². The van der Waals surface area contributed by atoms with Crippen LogP contribution in [-0.2, 0) is 0 Å².